The van der Waals surface area contributed by atoms with Gasteiger partial charge in [-0.2, -0.15) is 13.2 Å². The number of fused-ring (bicyclic) bond motifs is 1. The molecule has 5 rings (SSSR count). The molecule has 3 N–H and O–H groups in total. The second-order valence-corrected chi connectivity index (χ2v) is 8.96. The molecule has 1 saturated carbocycles. The van der Waals surface area contributed by atoms with Crippen LogP contribution in [0.2, 0.25) is 0 Å². The van der Waals surface area contributed by atoms with Crippen LogP contribution in [0.15, 0.2) is 53.3 Å². The van der Waals surface area contributed by atoms with Crippen molar-refractivity contribution in [1.29, 1.82) is 0 Å². The van der Waals surface area contributed by atoms with Crippen LogP contribution < -0.4 is 21.3 Å². The van der Waals surface area contributed by atoms with E-state index >= 15 is 0 Å². The number of rotatable bonds is 4. The molecule has 1 fully saturated rings. The molecule has 0 atom stereocenters. The first-order valence-corrected chi connectivity index (χ1v) is 11.5. The number of hydrogen-bond donors (Lipinski definition) is 2. The van der Waals surface area contributed by atoms with Crippen molar-refractivity contribution < 1.29 is 27.5 Å². The van der Waals surface area contributed by atoms with E-state index in [0.717, 1.165) is 41.7 Å². The summed E-state index contributed by atoms with van der Waals surface area (Å²) in [6.45, 7) is 0. The Morgan fingerprint density at radius 1 is 0.917 bits per heavy atom. The highest BCUT2D eigenvalue weighted by Gasteiger charge is 2.34. The van der Waals surface area contributed by atoms with Gasteiger partial charge >= 0.3 is 6.18 Å². The third-order valence-electron chi connectivity index (χ3n) is 6.66. The Balaban J connectivity index is 1.58. The zero-order valence-electron chi connectivity index (χ0n) is 19.0. The van der Waals surface area contributed by atoms with Crippen molar-refractivity contribution in [3.8, 4) is 17.2 Å². The molecule has 1 aliphatic heterocycles. The summed E-state index contributed by atoms with van der Waals surface area (Å²) in [5, 5.41) is 2.03. The number of nitrogen functional groups attached to an aromatic ring is 1. The van der Waals surface area contributed by atoms with Crippen molar-refractivity contribution in [1.82, 2.24) is 9.88 Å². The molecule has 36 heavy (non-hydrogen) atoms. The van der Waals surface area contributed by atoms with E-state index in [1.54, 1.807) is 12.1 Å². The Labute approximate surface area is 203 Å². The molecule has 0 bridgehead atoms. The summed E-state index contributed by atoms with van der Waals surface area (Å²) in [4.78, 5) is 37.1. The van der Waals surface area contributed by atoms with Crippen LogP contribution in [-0.4, -0.2) is 16.4 Å². The van der Waals surface area contributed by atoms with E-state index < -0.39 is 34.9 Å². The van der Waals surface area contributed by atoms with Gasteiger partial charge < -0.3 is 10.5 Å². The van der Waals surface area contributed by atoms with E-state index in [4.69, 9.17) is 10.5 Å². The van der Waals surface area contributed by atoms with Gasteiger partial charge in [-0.15, -0.1) is 0 Å². The van der Waals surface area contributed by atoms with Gasteiger partial charge in [0.05, 0.1) is 22.4 Å². The molecule has 2 heterocycles. The van der Waals surface area contributed by atoms with Gasteiger partial charge in [0, 0.05) is 6.07 Å². The number of nitrogens with one attached hydrogen (secondary N) is 1. The SMILES string of the molecule is Nc1c2c(cc(=O)n1-c1cc(C(F)(F)F)ccc1Oc1ccc(C3CCCCC3)cc1)C(=O)NC2=O. The molecule has 2 aliphatic rings. The third-order valence-corrected chi connectivity index (χ3v) is 6.66. The number of nitrogens with zero attached hydrogens (tertiary/aromatic N) is 1. The lowest BCUT2D eigenvalue weighted by molar-refractivity contribution is -0.137. The van der Waals surface area contributed by atoms with Crippen molar-refractivity contribution in [2.75, 3.05) is 5.73 Å². The summed E-state index contributed by atoms with van der Waals surface area (Å²) in [7, 11) is 0. The smallest absolute Gasteiger partial charge is 0.416 e. The lowest BCUT2D eigenvalue weighted by Gasteiger charge is -2.22. The van der Waals surface area contributed by atoms with E-state index in [0.29, 0.717) is 11.7 Å². The van der Waals surface area contributed by atoms with Crippen LogP contribution in [0.1, 0.15) is 69.9 Å². The molecule has 3 aromatic rings. The average Bonchev–Trinajstić information content (AvgIpc) is 3.13. The number of pyridine rings is 1. The quantitative estimate of drug-likeness (QED) is 0.485. The summed E-state index contributed by atoms with van der Waals surface area (Å²) in [5.74, 6) is -1.35. The molecule has 0 unspecified atom stereocenters. The van der Waals surface area contributed by atoms with Gasteiger partial charge in [0.2, 0.25) is 0 Å². The number of amides is 2. The number of ether oxygens (including phenoxy) is 1. The first kappa shape index (κ1) is 23.7. The maximum atomic E-state index is 13.5. The predicted molar refractivity (Wildman–Crippen MR) is 126 cm³/mol. The van der Waals surface area contributed by atoms with Crippen LogP contribution in [-0.2, 0) is 6.18 Å². The molecule has 186 valence electrons. The number of imide groups is 1. The van der Waals surface area contributed by atoms with Gasteiger partial charge in [0.25, 0.3) is 17.4 Å². The predicted octanol–water partition coefficient (Wildman–Crippen LogP) is 5.16. The molecule has 1 aromatic heterocycles. The molecule has 0 saturated heterocycles. The number of alkyl halides is 3. The summed E-state index contributed by atoms with van der Waals surface area (Å²) in [6, 6.07) is 10.8. The van der Waals surface area contributed by atoms with Gasteiger partial charge in [-0.05, 0) is 54.7 Å². The van der Waals surface area contributed by atoms with Crippen LogP contribution in [0.25, 0.3) is 5.69 Å². The van der Waals surface area contributed by atoms with Crippen molar-refractivity contribution in [2.24, 2.45) is 0 Å². The van der Waals surface area contributed by atoms with Crippen LogP contribution in [0.5, 0.6) is 11.5 Å². The Morgan fingerprint density at radius 3 is 2.28 bits per heavy atom. The first-order valence-electron chi connectivity index (χ1n) is 11.5. The highest BCUT2D eigenvalue weighted by Crippen LogP contribution is 2.38. The van der Waals surface area contributed by atoms with Crippen molar-refractivity contribution in [3.05, 3.63) is 81.1 Å². The monoisotopic (exact) mass is 497 g/mol. The van der Waals surface area contributed by atoms with E-state index in [2.05, 4.69) is 0 Å². The molecule has 2 aromatic carbocycles. The van der Waals surface area contributed by atoms with Gasteiger partial charge in [0.1, 0.15) is 11.6 Å². The second kappa shape index (κ2) is 8.85. The van der Waals surface area contributed by atoms with Crippen LogP contribution in [0.3, 0.4) is 0 Å². The number of hydrogen-bond acceptors (Lipinski definition) is 5. The number of benzene rings is 2. The largest absolute Gasteiger partial charge is 0.455 e. The number of nitrogens with two attached hydrogens (primary N) is 1. The minimum absolute atomic E-state index is 0.0769. The number of carbonyl (C=O) groups excluding carboxylic acids is 2. The standard InChI is InChI=1S/C26H22F3N3O4/c27-26(28,29)16-8-11-20(36-17-9-6-15(7-10-17)14-4-2-1-3-5-14)19(12-16)32-21(33)13-18-22(23(32)30)25(35)31-24(18)34/h6-14H,1-5,30H2,(H,31,34,35). The first-order chi connectivity index (χ1) is 17.1. The minimum atomic E-state index is -4.71. The Kier molecular flexibility index (Phi) is 5.82. The van der Waals surface area contributed by atoms with Gasteiger partial charge in [0.15, 0.2) is 5.75 Å². The van der Waals surface area contributed by atoms with E-state index in [1.807, 2.05) is 17.4 Å². The molecular formula is C26H22F3N3O4. The molecular weight excluding hydrogens is 475 g/mol. The highest BCUT2D eigenvalue weighted by atomic mass is 19.4. The van der Waals surface area contributed by atoms with Crippen molar-refractivity contribution in [2.45, 2.75) is 44.2 Å². The second-order valence-electron chi connectivity index (χ2n) is 8.96. The topological polar surface area (TPSA) is 103 Å². The molecule has 10 heteroatoms. The number of aromatic nitrogens is 1. The molecule has 0 radical (unpaired) electrons. The average molecular weight is 497 g/mol. The normalized spacial score (nSPS) is 16.1. The minimum Gasteiger partial charge on any atom is -0.455 e. The van der Waals surface area contributed by atoms with E-state index in [9.17, 15) is 27.6 Å². The van der Waals surface area contributed by atoms with Crippen molar-refractivity contribution in [3.63, 3.8) is 0 Å². The molecule has 2 amide bonds. The zero-order chi connectivity index (χ0) is 25.6. The van der Waals surface area contributed by atoms with Crippen LogP contribution >= 0.6 is 0 Å². The highest BCUT2D eigenvalue weighted by molar-refractivity contribution is 6.23. The fraction of sp³-hybridized carbons (Fsp3) is 0.269. The Hall–Kier alpha value is -4.08. The molecule has 7 nitrogen and oxygen atoms in total. The summed E-state index contributed by atoms with van der Waals surface area (Å²) in [6.07, 6.45) is 1.10. The van der Waals surface area contributed by atoms with Crippen LogP contribution in [0.4, 0.5) is 19.0 Å². The number of anilines is 1. The Morgan fingerprint density at radius 2 is 1.61 bits per heavy atom. The number of carbonyl (C=O) groups is 2. The Bertz CT molecular complexity index is 1420. The fourth-order valence-electron chi connectivity index (χ4n) is 4.85. The fourth-order valence-corrected chi connectivity index (χ4v) is 4.85. The van der Waals surface area contributed by atoms with E-state index in [-0.39, 0.29) is 22.6 Å². The third kappa shape index (κ3) is 4.23. The maximum absolute atomic E-state index is 13.5. The van der Waals surface area contributed by atoms with E-state index in [1.165, 1.54) is 24.8 Å². The van der Waals surface area contributed by atoms with Gasteiger partial charge in [-0.3, -0.25) is 24.3 Å². The lowest BCUT2D eigenvalue weighted by Crippen LogP contribution is -2.25. The summed E-state index contributed by atoms with van der Waals surface area (Å²) in [5.41, 5.74) is 4.49. The molecule has 0 spiro atoms. The molecule has 1 aliphatic carbocycles. The number of halogens is 3. The van der Waals surface area contributed by atoms with Gasteiger partial charge in [-0.25, -0.2) is 0 Å². The maximum Gasteiger partial charge on any atom is 0.416 e. The van der Waals surface area contributed by atoms with Gasteiger partial charge in [-0.1, -0.05) is 31.4 Å². The van der Waals surface area contributed by atoms with Crippen LogP contribution in [0, 0.1) is 0 Å². The zero-order valence-corrected chi connectivity index (χ0v) is 19.0. The summed E-state index contributed by atoms with van der Waals surface area (Å²) >= 11 is 0. The lowest BCUT2D eigenvalue weighted by atomic mass is 9.84. The van der Waals surface area contributed by atoms with Crippen molar-refractivity contribution >= 4 is 17.6 Å². The summed E-state index contributed by atoms with van der Waals surface area (Å²) < 4.78 is 47.2.